The molecular formula is C22H21F2N4O4S-. The Morgan fingerprint density at radius 2 is 1.97 bits per heavy atom. The third kappa shape index (κ3) is 5.38. The molecule has 0 amide bonds. The lowest BCUT2D eigenvalue weighted by molar-refractivity contribution is 0.103. The van der Waals surface area contributed by atoms with Crippen molar-refractivity contribution in [3.8, 4) is 0 Å². The second kappa shape index (κ2) is 10.4. The van der Waals surface area contributed by atoms with E-state index >= 15 is 4.39 Å². The Bertz CT molecular complexity index is 1200. The van der Waals surface area contributed by atoms with Gasteiger partial charge in [0.2, 0.25) is 0 Å². The predicted octanol–water partition coefficient (Wildman–Crippen LogP) is 2.29. The largest absolute Gasteiger partial charge is 0.760 e. The highest BCUT2D eigenvalue weighted by Gasteiger charge is 2.22. The fraction of sp³-hybridized carbons (Fsp3) is 0.318. The summed E-state index contributed by atoms with van der Waals surface area (Å²) < 4.78 is 58.1. The number of halogens is 2. The molecule has 1 atom stereocenters. The number of aryl methyl sites for hydroxylation is 1. The van der Waals surface area contributed by atoms with Crippen molar-refractivity contribution >= 4 is 33.9 Å². The minimum atomic E-state index is -2.41. The quantitative estimate of drug-likeness (QED) is 0.303. The second-order valence-corrected chi connectivity index (χ2v) is 8.25. The van der Waals surface area contributed by atoms with Gasteiger partial charge in [0.05, 0.1) is 36.0 Å². The highest BCUT2D eigenvalue weighted by molar-refractivity contribution is 7.77. The monoisotopic (exact) mass is 475 g/mol. The SMILES string of the molecule is O=C(c1ccc2ncc(N3CCOCC3)nc2c1)c1c(F)ccc(CCCNS(=O)[O-])c1F. The average molecular weight is 475 g/mol. The van der Waals surface area contributed by atoms with Crippen LogP contribution in [0.4, 0.5) is 14.6 Å². The van der Waals surface area contributed by atoms with Crippen molar-refractivity contribution < 1.29 is 27.1 Å². The first-order chi connectivity index (χ1) is 15.9. The molecule has 0 aliphatic carbocycles. The molecule has 1 aromatic heterocycles. The standard InChI is InChI=1S/C22H22F2N4O4S/c23-16-5-3-14(2-1-7-26-33(30)31)21(24)20(16)22(29)15-4-6-17-18(12-15)27-19(13-25-17)28-8-10-32-11-9-28/h3-6,12-13,26H,1-2,7-11H2,(H,30,31)/p-1. The van der Waals surface area contributed by atoms with Crippen LogP contribution in [-0.4, -0.2) is 57.4 Å². The zero-order valence-electron chi connectivity index (χ0n) is 17.6. The first-order valence-corrected chi connectivity index (χ1v) is 11.5. The van der Waals surface area contributed by atoms with Gasteiger partial charge in [0.25, 0.3) is 0 Å². The number of hydrogen-bond donors (Lipinski definition) is 1. The van der Waals surface area contributed by atoms with Crippen LogP contribution in [-0.2, 0) is 22.4 Å². The van der Waals surface area contributed by atoms with Crippen molar-refractivity contribution in [2.75, 3.05) is 37.7 Å². The Kier molecular flexibility index (Phi) is 7.33. The highest BCUT2D eigenvalue weighted by atomic mass is 32.2. The number of anilines is 1. The minimum absolute atomic E-state index is 0.0919. The number of hydrogen-bond acceptors (Lipinski definition) is 7. The number of benzene rings is 2. The second-order valence-electron chi connectivity index (χ2n) is 7.49. The van der Waals surface area contributed by atoms with Gasteiger partial charge in [-0.3, -0.25) is 14.0 Å². The lowest BCUT2D eigenvalue weighted by atomic mass is 9.97. The van der Waals surface area contributed by atoms with Gasteiger partial charge < -0.3 is 14.2 Å². The lowest BCUT2D eigenvalue weighted by Gasteiger charge is -2.27. The van der Waals surface area contributed by atoms with Gasteiger partial charge in [-0.05, 0) is 42.7 Å². The number of rotatable bonds is 8. The van der Waals surface area contributed by atoms with E-state index in [1.807, 2.05) is 4.90 Å². The van der Waals surface area contributed by atoms with Crippen LogP contribution in [0.1, 0.15) is 27.9 Å². The van der Waals surface area contributed by atoms with E-state index in [9.17, 15) is 17.9 Å². The Hall–Kier alpha value is -2.86. The van der Waals surface area contributed by atoms with Crippen molar-refractivity contribution in [3.05, 3.63) is 64.9 Å². The molecule has 174 valence electrons. The third-order valence-corrected chi connectivity index (χ3v) is 5.81. The molecule has 1 aliphatic heterocycles. The zero-order chi connectivity index (χ0) is 23.4. The molecule has 2 heterocycles. The van der Waals surface area contributed by atoms with Crippen LogP contribution in [0.25, 0.3) is 11.0 Å². The van der Waals surface area contributed by atoms with E-state index in [4.69, 9.17) is 4.74 Å². The summed E-state index contributed by atoms with van der Waals surface area (Å²) in [4.78, 5) is 24.0. The van der Waals surface area contributed by atoms with Crippen LogP contribution in [0.15, 0.2) is 36.5 Å². The molecule has 8 nitrogen and oxygen atoms in total. The van der Waals surface area contributed by atoms with Gasteiger partial charge in [-0.25, -0.2) is 18.5 Å². The Balaban J connectivity index is 1.60. The summed E-state index contributed by atoms with van der Waals surface area (Å²) >= 11 is -2.41. The number of nitrogens with zero attached hydrogens (tertiary/aromatic N) is 3. The lowest BCUT2D eigenvalue weighted by Crippen LogP contribution is -2.36. The van der Waals surface area contributed by atoms with E-state index in [1.165, 1.54) is 18.2 Å². The van der Waals surface area contributed by atoms with Gasteiger partial charge in [0.1, 0.15) is 17.5 Å². The molecule has 1 aliphatic rings. The van der Waals surface area contributed by atoms with E-state index < -0.39 is 34.2 Å². The molecule has 11 heteroatoms. The summed E-state index contributed by atoms with van der Waals surface area (Å²) in [5, 5.41) is 0. The number of carbonyl (C=O) groups is 1. The predicted molar refractivity (Wildman–Crippen MR) is 118 cm³/mol. The molecule has 0 spiro atoms. The maximum absolute atomic E-state index is 15.0. The number of morpholine rings is 1. The summed E-state index contributed by atoms with van der Waals surface area (Å²) in [6.45, 7) is 2.60. The highest BCUT2D eigenvalue weighted by Crippen LogP contribution is 2.24. The first kappa shape index (κ1) is 23.3. The number of nitrogens with one attached hydrogen (secondary N) is 1. The third-order valence-electron chi connectivity index (χ3n) is 5.37. The van der Waals surface area contributed by atoms with E-state index in [0.717, 1.165) is 6.07 Å². The number of ketones is 1. The maximum Gasteiger partial charge on any atom is 0.199 e. The van der Waals surface area contributed by atoms with Gasteiger partial charge in [-0.2, -0.15) is 0 Å². The van der Waals surface area contributed by atoms with Crippen LogP contribution in [0.5, 0.6) is 0 Å². The fourth-order valence-electron chi connectivity index (χ4n) is 3.66. The van der Waals surface area contributed by atoms with E-state index in [0.29, 0.717) is 49.6 Å². The smallest absolute Gasteiger partial charge is 0.199 e. The summed E-state index contributed by atoms with van der Waals surface area (Å²) in [5.41, 5.74) is 0.576. The van der Waals surface area contributed by atoms with Crippen molar-refractivity contribution in [2.45, 2.75) is 12.8 Å². The molecule has 1 fully saturated rings. The molecule has 0 bridgehead atoms. The van der Waals surface area contributed by atoms with Crippen molar-refractivity contribution in [2.24, 2.45) is 0 Å². The summed E-state index contributed by atoms with van der Waals surface area (Å²) in [7, 11) is 0. The Morgan fingerprint density at radius 1 is 1.18 bits per heavy atom. The molecule has 4 rings (SSSR count). The van der Waals surface area contributed by atoms with Gasteiger partial charge in [-0.1, -0.05) is 6.07 Å². The number of aromatic nitrogens is 2. The molecule has 3 aromatic rings. The van der Waals surface area contributed by atoms with Crippen LogP contribution < -0.4 is 9.62 Å². The zero-order valence-corrected chi connectivity index (χ0v) is 18.4. The van der Waals surface area contributed by atoms with E-state index in [2.05, 4.69) is 14.7 Å². The van der Waals surface area contributed by atoms with Crippen LogP contribution in [0, 0.1) is 11.6 Å². The molecule has 0 saturated carbocycles. The molecule has 1 unspecified atom stereocenters. The van der Waals surface area contributed by atoms with E-state index in [-0.39, 0.29) is 24.1 Å². The van der Waals surface area contributed by atoms with Crippen molar-refractivity contribution in [1.29, 1.82) is 0 Å². The minimum Gasteiger partial charge on any atom is -0.760 e. The number of fused-ring (bicyclic) bond motifs is 1. The Morgan fingerprint density at radius 3 is 2.73 bits per heavy atom. The van der Waals surface area contributed by atoms with Gasteiger partial charge in [0, 0.05) is 36.5 Å². The van der Waals surface area contributed by atoms with Gasteiger partial charge in [-0.15, -0.1) is 0 Å². The van der Waals surface area contributed by atoms with Crippen LogP contribution in [0.2, 0.25) is 0 Å². The van der Waals surface area contributed by atoms with Crippen LogP contribution in [0.3, 0.4) is 0 Å². The number of carbonyl (C=O) groups excluding carboxylic acids is 1. The first-order valence-electron chi connectivity index (χ1n) is 10.4. The van der Waals surface area contributed by atoms with Crippen molar-refractivity contribution in [1.82, 2.24) is 14.7 Å². The van der Waals surface area contributed by atoms with Crippen LogP contribution >= 0.6 is 0 Å². The molecule has 1 N–H and O–H groups in total. The fourth-order valence-corrected chi connectivity index (χ4v) is 3.97. The van der Waals surface area contributed by atoms with Gasteiger partial charge in [0.15, 0.2) is 5.78 Å². The normalized spacial score (nSPS) is 15.1. The summed E-state index contributed by atoms with van der Waals surface area (Å²) in [6.07, 6.45) is 2.08. The molecule has 0 radical (unpaired) electrons. The summed E-state index contributed by atoms with van der Waals surface area (Å²) in [5.74, 6) is -2.07. The average Bonchev–Trinajstić information content (AvgIpc) is 2.82. The summed E-state index contributed by atoms with van der Waals surface area (Å²) in [6, 6.07) is 6.84. The van der Waals surface area contributed by atoms with E-state index in [1.54, 1.807) is 12.3 Å². The molecule has 1 saturated heterocycles. The van der Waals surface area contributed by atoms with Gasteiger partial charge >= 0.3 is 0 Å². The van der Waals surface area contributed by atoms with Crippen molar-refractivity contribution in [3.63, 3.8) is 0 Å². The topological polar surface area (TPSA) is 107 Å². The molecule has 2 aromatic carbocycles. The molecule has 33 heavy (non-hydrogen) atoms. The number of ether oxygens (including phenoxy) is 1. The molecular weight excluding hydrogens is 454 g/mol. The maximum atomic E-state index is 15.0. The Labute approximate surface area is 191 Å².